The van der Waals surface area contributed by atoms with Gasteiger partial charge in [0.15, 0.2) is 11.6 Å². The Balaban J connectivity index is 1.49. The Morgan fingerprint density at radius 3 is 2.31 bits per heavy atom. The largest absolute Gasteiger partial charge is 0.456 e. The maximum absolute atomic E-state index is 14.6. The first-order valence-electron chi connectivity index (χ1n) is 12.5. The average Bonchev–Trinajstić information content (AvgIpc) is 3.10. The molecule has 0 aromatic heterocycles. The number of allylic oxidation sites excluding steroid dienone is 4. The second kappa shape index (κ2) is 8.07. The molecule has 0 spiro atoms. The van der Waals surface area contributed by atoms with Crippen molar-refractivity contribution in [3.63, 3.8) is 0 Å². The van der Waals surface area contributed by atoms with Crippen LogP contribution in [0, 0.1) is 17.3 Å². The van der Waals surface area contributed by atoms with Crippen molar-refractivity contribution in [1.29, 1.82) is 0 Å². The van der Waals surface area contributed by atoms with E-state index in [1.165, 1.54) is 13.8 Å². The van der Waals surface area contributed by atoms with Gasteiger partial charge in [-0.1, -0.05) is 36.8 Å². The van der Waals surface area contributed by atoms with Gasteiger partial charge in [0.25, 0.3) is 0 Å². The average molecular weight is 509 g/mol. The first kappa shape index (κ1) is 25.3. The summed E-state index contributed by atoms with van der Waals surface area (Å²) in [5.41, 5.74) is -0.364. The molecule has 2 unspecified atom stereocenters. The van der Waals surface area contributed by atoms with Gasteiger partial charge in [-0.15, -0.1) is 0 Å². The molecule has 0 radical (unpaired) electrons. The van der Waals surface area contributed by atoms with Crippen molar-refractivity contribution < 1.29 is 36.6 Å². The van der Waals surface area contributed by atoms with Crippen molar-refractivity contribution in [2.24, 2.45) is 17.3 Å². The molecule has 8 heteroatoms. The van der Waals surface area contributed by atoms with Gasteiger partial charge in [0.2, 0.25) is 0 Å². The van der Waals surface area contributed by atoms with Crippen molar-refractivity contribution in [3.8, 4) is 0 Å². The topological polar surface area (TPSA) is 54.4 Å². The van der Waals surface area contributed by atoms with E-state index in [0.717, 1.165) is 22.3 Å². The van der Waals surface area contributed by atoms with E-state index in [1.54, 1.807) is 30.3 Å². The summed E-state index contributed by atoms with van der Waals surface area (Å²) in [6.07, 6.45) is -2.71. The van der Waals surface area contributed by atoms with Crippen LogP contribution in [0.2, 0.25) is 0 Å². The van der Waals surface area contributed by atoms with Crippen LogP contribution in [0.5, 0.6) is 0 Å². The van der Waals surface area contributed by atoms with Gasteiger partial charge >= 0.3 is 12.1 Å². The van der Waals surface area contributed by atoms with Crippen molar-refractivity contribution in [1.82, 2.24) is 0 Å². The fraction of sp³-hybridized carbons (Fsp3) is 0.571. The number of ketones is 2. The molecule has 4 aliphatic rings. The minimum absolute atomic E-state index is 0.0240. The molecule has 5 atom stereocenters. The predicted molar refractivity (Wildman–Crippen MR) is 123 cm³/mol. The van der Waals surface area contributed by atoms with E-state index in [4.69, 9.17) is 0 Å². The number of halogens is 5. The molecular weight excluding hydrogens is 479 g/mol. The highest BCUT2D eigenvalue weighted by Crippen LogP contribution is 2.68. The Morgan fingerprint density at radius 2 is 1.69 bits per heavy atom. The third-order valence-corrected chi connectivity index (χ3v) is 9.59. The van der Waals surface area contributed by atoms with E-state index in [2.05, 4.69) is 0 Å². The smallest absolute Gasteiger partial charge is 0.383 e. The number of hydrogen-bond donors (Lipinski definition) is 1. The number of carbonyl (C=O) groups excluding carboxylic acids is 2. The zero-order valence-electron chi connectivity index (χ0n) is 20.2. The van der Waals surface area contributed by atoms with Crippen LogP contribution < -0.4 is 0 Å². The highest BCUT2D eigenvalue weighted by molar-refractivity contribution is 5.99. The van der Waals surface area contributed by atoms with Crippen LogP contribution in [0.3, 0.4) is 0 Å². The minimum Gasteiger partial charge on any atom is -0.383 e. The van der Waals surface area contributed by atoms with E-state index in [0.29, 0.717) is 31.2 Å². The molecule has 3 nitrogen and oxygen atoms in total. The number of aliphatic hydroxyl groups is 1. The van der Waals surface area contributed by atoms with Crippen LogP contribution in [0.25, 0.3) is 0 Å². The fourth-order valence-corrected chi connectivity index (χ4v) is 7.53. The second-order valence-electron chi connectivity index (χ2n) is 11.2. The number of carbonyl (C=O) groups is 2. The molecular formula is C28H29F5O3. The number of hydrogen-bond acceptors (Lipinski definition) is 3. The summed E-state index contributed by atoms with van der Waals surface area (Å²) in [5, 5.41) is 11.0. The first-order chi connectivity index (χ1) is 16.7. The van der Waals surface area contributed by atoms with Crippen molar-refractivity contribution in [2.45, 2.75) is 82.4 Å². The SMILES string of the molecule is CC(=O)c1ccc(C2CC3=C4CC[C@@]5(C)[C@@H](CCC5(O)C(F)(F)C(F)(F)F)[C@@H]4CCC3=CC2=O)cc1. The van der Waals surface area contributed by atoms with E-state index in [9.17, 15) is 36.6 Å². The highest BCUT2D eigenvalue weighted by atomic mass is 19.4. The van der Waals surface area contributed by atoms with Gasteiger partial charge in [-0.3, -0.25) is 9.59 Å². The van der Waals surface area contributed by atoms with Gasteiger partial charge in [0.1, 0.15) is 5.60 Å². The molecule has 36 heavy (non-hydrogen) atoms. The maximum Gasteiger partial charge on any atom is 0.456 e. The molecule has 0 bridgehead atoms. The van der Waals surface area contributed by atoms with E-state index in [1.807, 2.05) is 0 Å². The molecule has 4 aliphatic carbocycles. The summed E-state index contributed by atoms with van der Waals surface area (Å²) in [5.74, 6) is -6.40. The van der Waals surface area contributed by atoms with Crippen LogP contribution in [0.1, 0.15) is 80.6 Å². The Labute approximate surface area is 206 Å². The molecule has 1 aromatic rings. The number of rotatable bonds is 3. The van der Waals surface area contributed by atoms with Crippen molar-refractivity contribution >= 4 is 11.6 Å². The van der Waals surface area contributed by atoms with Gasteiger partial charge < -0.3 is 5.11 Å². The van der Waals surface area contributed by atoms with Crippen LogP contribution in [0.4, 0.5) is 22.0 Å². The molecule has 2 saturated carbocycles. The predicted octanol–water partition coefficient (Wildman–Crippen LogP) is 6.72. The Kier molecular flexibility index (Phi) is 5.67. The van der Waals surface area contributed by atoms with Crippen molar-refractivity contribution in [2.75, 3.05) is 0 Å². The number of Topliss-reactive ketones (excluding diaryl/α,β-unsaturated/α-hetero) is 1. The quantitative estimate of drug-likeness (QED) is 0.364. The third-order valence-electron chi connectivity index (χ3n) is 9.59. The summed E-state index contributed by atoms with van der Waals surface area (Å²) in [7, 11) is 0. The Morgan fingerprint density at radius 1 is 1.03 bits per heavy atom. The van der Waals surface area contributed by atoms with Gasteiger partial charge in [-0.25, -0.2) is 0 Å². The van der Waals surface area contributed by atoms with Gasteiger partial charge in [0, 0.05) is 11.0 Å². The Bertz CT molecular complexity index is 1180. The molecule has 0 heterocycles. The molecule has 2 fully saturated rings. The third kappa shape index (κ3) is 3.39. The van der Waals surface area contributed by atoms with Crippen molar-refractivity contribution in [3.05, 3.63) is 58.2 Å². The molecule has 0 saturated heterocycles. The first-order valence-corrected chi connectivity index (χ1v) is 12.5. The standard InChI is InChI=1S/C28H29F5O3/c1-15(34)16-3-5-17(6-4-16)22-14-21-18(13-24(22)35)7-8-20-19(21)9-11-25(2)23(20)10-12-26(25,36)27(29,30)28(31,32)33/h3-6,13,20,22-23,36H,7-12,14H2,1-2H3/t20-,22?,23+,25+,26?/m1/s1. The lowest BCUT2D eigenvalue weighted by Gasteiger charge is -2.53. The molecule has 194 valence electrons. The highest BCUT2D eigenvalue weighted by Gasteiger charge is 2.78. The number of benzene rings is 1. The molecule has 1 N–H and O–H groups in total. The zero-order valence-corrected chi connectivity index (χ0v) is 20.2. The van der Waals surface area contributed by atoms with Gasteiger partial charge in [-0.05, 0) is 86.5 Å². The van der Waals surface area contributed by atoms with Crippen LogP contribution in [0.15, 0.2) is 47.1 Å². The van der Waals surface area contributed by atoms with Crippen LogP contribution >= 0.6 is 0 Å². The summed E-state index contributed by atoms with van der Waals surface area (Å²) < 4.78 is 69.3. The lowest BCUT2D eigenvalue weighted by molar-refractivity contribution is -0.362. The second-order valence-corrected chi connectivity index (χ2v) is 11.2. The summed E-state index contributed by atoms with van der Waals surface area (Å²) in [6, 6.07) is 6.94. The summed E-state index contributed by atoms with van der Waals surface area (Å²) in [6.45, 7) is 2.87. The van der Waals surface area contributed by atoms with E-state index in [-0.39, 0.29) is 30.3 Å². The van der Waals surface area contributed by atoms with Gasteiger partial charge in [-0.2, -0.15) is 22.0 Å². The summed E-state index contributed by atoms with van der Waals surface area (Å²) >= 11 is 0. The number of fused-ring (bicyclic) bond motifs is 4. The van der Waals surface area contributed by atoms with E-state index >= 15 is 0 Å². The minimum atomic E-state index is -5.82. The zero-order chi connectivity index (χ0) is 26.3. The van der Waals surface area contributed by atoms with Crippen LogP contribution in [-0.4, -0.2) is 34.4 Å². The molecule has 0 aliphatic heterocycles. The normalized spacial score (nSPS) is 34.6. The maximum atomic E-state index is 14.6. The van der Waals surface area contributed by atoms with Crippen LogP contribution in [-0.2, 0) is 4.79 Å². The summed E-state index contributed by atoms with van der Waals surface area (Å²) in [4.78, 5) is 24.6. The number of alkyl halides is 5. The molecule has 1 aromatic carbocycles. The monoisotopic (exact) mass is 508 g/mol. The Hall–Kier alpha value is -2.35. The molecule has 0 amide bonds. The van der Waals surface area contributed by atoms with E-state index < -0.39 is 41.4 Å². The lowest BCUT2D eigenvalue weighted by atomic mass is 9.54. The molecule has 5 rings (SSSR count). The fourth-order valence-electron chi connectivity index (χ4n) is 7.53. The van der Waals surface area contributed by atoms with Gasteiger partial charge in [0.05, 0.1) is 5.92 Å². The lowest BCUT2D eigenvalue weighted by Crippen LogP contribution is -2.64.